The standard InChI is InChI=1S/C17H13F2NO5/c1-10-2-7-16(25-17(18)19)12(8-10)14(21)5-3-11-4-6-15(22)13(9-11)20(23)24/h2-9,17,22H,1H3/p-1/b5-3+. The highest BCUT2D eigenvalue weighted by molar-refractivity contribution is 6.08. The highest BCUT2D eigenvalue weighted by Gasteiger charge is 2.14. The third-order valence-electron chi connectivity index (χ3n) is 3.22. The van der Waals surface area contributed by atoms with Gasteiger partial charge in [-0.3, -0.25) is 14.9 Å². The topological polar surface area (TPSA) is 92.5 Å². The minimum Gasteiger partial charge on any atom is -0.868 e. The number of nitro benzene ring substituents is 1. The largest absolute Gasteiger partial charge is 0.868 e. The van der Waals surface area contributed by atoms with Crippen LogP contribution in [0, 0.1) is 17.0 Å². The van der Waals surface area contributed by atoms with Crippen molar-refractivity contribution >= 4 is 17.5 Å². The van der Waals surface area contributed by atoms with E-state index in [0.717, 1.165) is 18.2 Å². The number of aryl methyl sites for hydroxylation is 1. The van der Waals surface area contributed by atoms with Crippen LogP contribution in [0.1, 0.15) is 21.5 Å². The zero-order valence-electron chi connectivity index (χ0n) is 12.9. The van der Waals surface area contributed by atoms with E-state index in [1.54, 1.807) is 6.92 Å². The van der Waals surface area contributed by atoms with E-state index in [1.165, 1.54) is 30.3 Å². The van der Waals surface area contributed by atoms with Crippen LogP contribution in [0.15, 0.2) is 42.5 Å². The Morgan fingerprint density at radius 1 is 1.24 bits per heavy atom. The number of rotatable bonds is 6. The molecule has 2 aromatic rings. The summed E-state index contributed by atoms with van der Waals surface area (Å²) in [5.74, 6) is -1.64. The molecule has 0 amide bonds. The number of allylic oxidation sites excluding steroid dienone is 1. The van der Waals surface area contributed by atoms with Crippen LogP contribution in [0.5, 0.6) is 11.5 Å². The van der Waals surface area contributed by atoms with E-state index in [0.29, 0.717) is 5.56 Å². The zero-order valence-corrected chi connectivity index (χ0v) is 12.9. The summed E-state index contributed by atoms with van der Waals surface area (Å²) in [5, 5.41) is 22.1. The third kappa shape index (κ3) is 4.60. The highest BCUT2D eigenvalue weighted by Crippen LogP contribution is 2.26. The number of carbonyl (C=O) groups excluding carboxylic acids is 1. The lowest BCUT2D eigenvalue weighted by Crippen LogP contribution is -2.07. The Labute approximate surface area is 141 Å². The highest BCUT2D eigenvalue weighted by atomic mass is 19.3. The number of hydrogen-bond acceptors (Lipinski definition) is 5. The molecule has 0 unspecified atom stereocenters. The Kier molecular flexibility index (Phi) is 5.43. The molecule has 0 aliphatic carbocycles. The van der Waals surface area contributed by atoms with Crippen LogP contribution < -0.4 is 9.84 Å². The van der Waals surface area contributed by atoms with E-state index in [2.05, 4.69) is 4.74 Å². The SMILES string of the molecule is Cc1ccc(OC(F)F)c(C(=O)/C=C/c2ccc([O-])c([N+](=O)[O-])c2)c1. The molecule has 0 aliphatic rings. The minimum absolute atomic E-state index is 0.0634. The van der Waals surface area contributed by atoms with Gasteiger partial charge in [-0.1, -0.05) is 29.8 Å². The third-order valence-corrected chi connectivity index (χ3v) is 3.22. The van der Waals surface area contributed by atoms with E-state index in [1.807, 2.05) is 0 Å². The second-order valence-corrected chi connectivity index (χ2v) is 5.06. The summed E-state index contributed by atoms with van der Waals surface area (Å²) in [4.78, 5) is 22.2. The van der Waals surface area contributed by atoms with E-state index >= 15 is 0 Å². The zero-order chi connectivity index (χ0) is 18.6. The van der Waals surface area contributed by atoms with Crippen LogP contribution in [0.3, 0.4) is 0 Å². The maximum atomic E-state index is 12.4. The second-order valence-electron chi connectivity index (χ2n) is 5.06. The fourth-order valence-corrected chi connectivity index (χ4v) is 2.08. The van der Waals surface area contributed by atoms with Crippen LogP contribution >= 0.6 is 0 Å². The molecule has 0 fully saturated rings. The number of hydrogen-bond donors (Lipinski definition) is 0. The Morgan fingerprint density at radius 3 is 2.60 bits per heavy atom. The molecule has 0 saturated heterocycles. The summed E-state index contributed by atoms with van der Waals surface area (Å²) in [7, 11) is 0. The predicted molar refractivity (Wildman–Crippen MR) is 83.7 cm³/mol. The monoisotopic (exact) mass is 348 g/mol. The van der Waals surface area contributed by atoms with Gasteiger partial charge < -0.3 is 9.84 Å². The lowest BCUT2D eigenvalue weighted by Gasteiger charge is -2.09. The molecule has 25 heavy (non-hydrogen) atoms. The molecular formula is C17H12F2NO5-. The summed E-state index contributed by atoms with van der Waals surface area (Å²) in [6, 6.07) is 7.53. The Morgan fingerprint density at radius 2 is 1.96 bits per heavy atom. The molecule has 0 aliphatic heterocycles. The van der Waals surface area contributed by atoms with Crippen LogP contribution in [0.2, 0.25) is 0 Å². The first-order chi connectivity index (χ1) is 11.8. The van der Waals surface area contributed by atoms with Crippen molar-refractivity contribution in [3.05, 3.63) is 69.3 Å². The van der Waals surface area contributed by atoms with Gasteiger partial charge in [-0.15, -0.1) is 0 Å². The number of ether oxygens (including phenoxy) is 1. The van der Waals surface area contributed by atoms with Gasteiger partial charge in [0.05, 0.1) is 10.5 Å². The molecule has 130 valence electrons. The van der Waals surface area contributed by atoms with Crippen molar-refractivity contribution in [1.29, 1.82) is 0 Å². The average molecular weight is 348 g/mol. The molecule has 0 bridgehead atoms. The molecule has 2 rings (SSSR count). The smallest absolute Gasteiger partial charge is 0.387 e. The Hall–Kier alpha value is -3.29. The van der Waals surface area contributed by atoms with Gasteiger partial charge in [-0.05, 0) is 36.4 Å². The summed E-state index contributed by atoms with van der Waals surface area (Å²) < 4.78 is 29.2. The fourth-order valence-electron chi connectivity index (χ4n) is 2.08. The quantitative estimate of drug-likeness (QED) is 0.345. The van der Waals surface area contributed by atoms with Crippen LogP contribution in [0.4, 0.5) is 14.5 Å². The normalized spacial score (nSPS) is 11.0. The first kappa shape index (κ1) is 18.1. The van der Waals surface area contributed by atoms with Gasteiger partial charge in [0.2, 0.25) is 0 Å². The van der Waals surface area contributed by atoms with Crippen molar-refractivity contribution in [2.75, 3.05) is 0 Å². The molecule has 0 N–H and O–H groups in total. The summed E-state index contributed by atoms with van der Waals surface area (Å²) >= 11 is 0. The van der Waals surface area contributed by atoms with E-state index < -0.39 is 28.8 Å². The van der Waals surface area contributed by atoms with Gasteiger partial charge in [0.15, 0.2) is 5.78 Å². The molecule has 8 heteroatoms. The lowest BCUT2D eigenvalue weighted by molar-refractivity contribution is -0.398. The van der Waals surface area contributed by atoms with Crippen LogP contribution in [-0.4, -0.2) is 17.3 Å². The Balaban J connectivity index is 2.31. The van der Waals surface area contributed by atoms with Gasteiger partial charge in [0.25, 0.3) is 5.69 Å². The molecule has 0 aromatic heterocycles. The molecule has 0 spiro atoms. The van der Waals surface area contributed by atoms with E-state index in [4.69, 9.17) is 0 Å². The fraction of sp³-hybridized carbons (Fsp3) is 0.118. The predicted octanol–water partition coefficient (Wildman–Crippen LogP) is 3.47. The van der Waals surface area contributed by atoms with Crippen molar-refractivity contribution in [1.82, 2.24) is 0 Å². The first-order valence-electron chi connectivity index (χ1n) is 7.01. The van der Waals surface area contributed by atoms with E-state index in [9.17, 15) is 28.8 Å². The van der Waals surface area contributed by atoms with E-state index in [-0.39, 0.29) is 16.9 Å². The number of halogens is 2. The minimum atomic E-state index is -3.08. The summed E-state index contributed by atoms with van der Waals surface area (Å²) in [6.07, 6.45) is 2.32. The molecule has 0 heterocycles. The molecular weight excluding hydrogens is 336 g/mol. The Bertz CT molecular complexity index is 849. The van der Waals surface area contributed by atoms with Crippen molar-refractivity contribution < 1.29 is 28.3 Å². The number of ketones is 1. The summed E-state index contributed by atoms with van der Waals surface area (Å²) in [5.41, 5.74) is 0.242. The van der Waals surface area contributed by atoms with Gasteiger partial charge >= 0.3 is 6.61 Å². The lowest BCUT2D eigenvalue weighted by atomic mass is 10.0. The second kappa shape index (κ2) is 7.52. The van der Waals surface area contributed by atoms with Crippen LogP contribution in [0.25, 0.3) is 6.08 Å². The van der Waals surface area contributed by atoms with Gasteiger partial charge in [-0.2, -0.15) is 8.78 Å². The average Bonchev–Trinajstić information content (AvgIpc) is 2.54. The molecule has 0 radical (unpaired) electrons. The maximum Gasteiger partial charge on any atom is 0.387 e. The maximum absolute atomic E-state index is 12.4. The first-order valence-corrected chi connectivity index (χ1v) is 7.01. The molecule has 0 atom stereocenters. The number of benzene rings is 2. The van der Waals surface area contributed by atoms with Crippen LogP contribution in [-0.2, 0) is 0 Å². The number of nitro groups is 1. The van der Waals surface area contributed by atoms with Crippen molar-refractivity contribution in [2.45, 2.75) is 13.5 Å². The molecule has 2 aromatic carbocycles. The van der Waals surface area contributed by atoms with Crippen molar-refractivity contribution in [3.63, 3.8) is 0 Å². The van der Waals surface area contributed by atoms with Gasteiger partial charge in [-0.25, -0.2) is 0 Å². The number of alkyl halides is 2. The van der Waals surface area contributed by atoms with Gasteiger partial charge in [0.1, 0.15) is 5.75 Å². The summed E-state index contributed by atoms with van der Waals surface area (Å²) in [6.45, 7) is -1.39. The number of nitrogens with zero attached hydrogens (tertiary/aromatic N) is 1. The molecule has 6 nitrogen and oxygen atoms in total. The number of carbonyl (C=O) groups is 1. The van der Waals surface area contributed by atoms with Gasteiger partial charge in [0, 0.05) is 6.07 Å². The van der Waals surface area contributed by atoms with Crippen molar-refractivity contribution in [2.24, 2.45) is 0 Å². The van der Waals surface area contributed by atoms with Crippen molar-refractivity contribution in [3.8, 4) is 11.5 Å². The molecule has 0 saturated carbocycles.